The third-order valence-corrected chi connectivity index (χ3v) is 1.52. The average molecular weight is 128 g/mol. The molecule has 2 nitrogen and oxygen atoms in total. The molecule has 3 heteroatoms. The minimum Gasteiger partial charge on any atom is -0.339 e. The van der Waals surface area contributed by atoms with E-state index < -0.39 is 0 Å². The van der Waals surface area contributed by atoms with E-state index in [-0.39, 0.29) is 0 Å². The molecule has 0 aromatic carbocycles. The first-order valence-electron chi connectivity index (χ1n) is 2.35. The van der Waals surface area contributed by atoms with Crippen molar-refractivity contribution >= 4 is 11.8 Å². The highest BCUT2D eigenvalue weighted by atomic mass is 32.2. The fourth-order valence-electron chi connectivity index (χ4n) is 0.494. The van der Waals surface area contributed by atoms with Crippen LogP contribution in [0.15, 0.2) is 17.6 Å². The minimum absolute atomic E-state index is 1.08. The lowest BCUT2D eigenvalue weighted by molar-refractivity contribution is 0.912. The number of rotatable bonds is 1. The average Bonchev–Trinajstić information content (AvgIpc) is 2.14. The van der Waals surface area contributed by atoms with E-state index in [1.54, 1.807) is 18.1 Å². The van der Waals surface area contributed by atoms with Gasteiger partial charge in [0.15, 0.2) is 0 Å². The molecule has 0 saturated carbocycles. The van der Waals surface area contributed by atoms with Crippen molar-refractivity contribution in [3.63, 3.8) is 0 Å². The molecule has 0 aliphatic rings. The van der Waals surface area contributed by atoms with Crippen LogP contribution in [0.3, 0.4) is 0 Å². The zero-order valence-corrected chi connectivity index (χ0v) is 5.77. The molecular formula is C5H8N2S. The molecule has 0 aliphatic heterocycles. The molecule has 0 radical (unpaired) electrons. The molecular weight excluding hydrogens is 120 g/mol. The van der Waals surface area contributed by atoms with Crippen molar-refractivity contribution in [2.75, 3.05) is 6.26 Å². The molecule has 44 valence electrons. The summed E-state index contributed by atoms with van der Waals surface area (Å²) in [6, 6.07) is 0. The fourth-order valence-corrected chi connectivity index (χ4v) is 0.918. The number of hydrogen-bond acceptors (Lipinski definition) is 2. The first kappa shape index (κ1) is 5.69. The summed E-state index contributed by atoms with van der Waals surface area (Å²) in [5, 5.41) is 1.08. The monoisotopic (exact) mass is 128 g/mol. The van der Waals surface area contributed by atoms with Crippen LogP contribution in [0, 0.1) is 0 Å². The summed E-state index contributed by atoms with van der Waals surface area (Å²) in [6.07, 6.45) is 5.80. The van der Waals surface area contributed by atoms with Gasteiger partial charge in [-0.3, -0.25) is 0 Å². The Kier molecular flexibility index (Phi) is 1.58. The summed E-state index contributed by atoms with van der Waals surface area (Å²) in [7, 11) is 1.96. The van der Waals surface area contributed by atoms with E-state index >= 15 is 0 Å². The smallest absolute Gasteiger partial charge is 0.114 e. The van der Waals surface area contributed by atoms with Crippen LogP contribution in [-0.2, 0) is 7.05 Å². The minimum atomic E-state index is 1.08. The second-order valence-electron chi connectivity index (χ2n) is 1.58. The van der Waals surface area contributed by atoms with Crippen LogP contribution >= 0.6 is 11.8 Å². The van der Waals surface area contributed by atoms with Gasteiger partial charge in [0.2, 0.25) is 0 Å². The van der Waals surface area contributed by atoms with Crippen molar-refractivity contribution in [1.82, 2.24) is 9.55 Å². The zero-order valence-electron chi connectivity index (χ0n) is 4.96. The van der Waals surface area contributed by atoms with Crippen LogP contribution in [0.2, 0.25) is 0 Å². The van der Waals surface area contributed by atoms with Crippen molar-refractivity contribution in [3.8, 4) is 0 Å². The SMILES string of the molecule is CSc1cn(C)cn1. The Hall–Kier alpha value is -0.440. The van der Waals surface area contributed by atoms with Crippen LogP contribution in [0.4, 0.5) is 0 Å². The van der Waals surface area contributed by atoms with Crippen molar-refractivity contribution < 1.29 is 0 Å². The van der Waals surface area contributed by atoms with Gasteiger partial charge in [-0.2, -0.15) is 0 Å². The molecule has 1 aromatic rings. The van der Waals surface area contributed by atoms with Gasteiger partial charge in [-0.25, -0.2) is 4.98 Å². The summed E-state index contributed by atoms with van der Waals surface area (Å²) >= 11 is 1.66. The summed E-state index contributed by atoms with van der Waals surface area (Å²) in [5.41, 5.74) is 0. The Labute approximate surface area is 52.9 Å². The van der Waals surface area contributed by atoms with Gasteiger partial charge < -0.3 is 4.57 Å². The lowest BCUT2D eigenvalue weighted by atomic mass is 10.9. The highest BCUT2D eigenvalue weighted by Crippen LogP contribution is 2.08. The van der Waals surface area contributed by atoms with E-state index in [1.807, 2.05) is 24.1 Å². The molecule has 1 rings (SSSR count). The van der Waals surface area contributed by atoms with Gasteiger partial charge in [-0.05, 0) is 6.26 Å². The second kappa shape index (κ2) is 2.22. The number of imidazole rings is 1. The van der Waals surface area contributed by atoms with Crippen molar-refractivity contribution in [2.45, 2.75) is 5.03 Å². The third-order valence-electron chi connectivity index (χ3n) is 0.890. The van der Waals surface area contributed by atoms with Gasteiger partial charge in [-0.1, -0.05) is 0 Å². The van der Waals surface area contributed by atoms with E-state index in [0.29, 0.717) is 0 Å². The summed E-state index contributed by atoms with van der Waals surface area (Å²) < 4.78 is 1.94. The van der Waals surface area contributed by atoms with E-state index in [2.05, 4.69) is 4.98 Å². The molecule has 0 unspecified atom stereocenters. The highest BCUT2D eigenvalue weighted by molar-refractivity contribution is 7.98. The first-order valence-corrected chi connectivity index (χ1v) is 3.57. The maximum Gasteiger partial charge on any atom is 0.114 e. The Morgan fingerprint density at radius 2 is 2.50 bits per heavy atom. The number of hydrogen-bond donors (Lipinski definition) is 0. The quantitative estimate of drug-likeness (QED) is 0.528. The van der Waals surface area contributed by atoms with Gasteiger partial charge >= 0.3 is 0 Å². The van der Waals surface area contributed by atoms with E-state index in [0.717, 1.165) is 5.03 Å². The van der Waals surface area contributed by atoms with Gasteiger partial charge in [-0.15, -0.1) is 11.8 Å². The van der Waals surface area contributed by atoms with Crippen molar-refractivity contribution in [2.24, 2.45) is 7.05 Å². The standard InChI is InChI=1S/C5H8N2S/c1-7-3-5(8-2)6-4-7/h3-4H,1-2H3. The Morgan fingerprint density at radius 3 is 2.75 bits per heavy atom. The topological polar surface area (TPSA) is 17.8 Å². The normalized spacial score (nSPS) is 9.75. The third kappa shape index (κ3) is 1.04. The van der Waals surface area contributed by atoms with E-state index in [4.69, 9.17) is 0 Å². The Balaban J connectivity index is 2.84. The Bertz CT molecular complexity index is 171. The lowest BCUT2D eigenvalue weighted by Crippen LogP contribution is -1.76. The van der Waals surface area contributed by atoms with E-state index in [9.17, 15) is 0 Å². The van der Waals surface area contributed by atoms with Crippen molar-refractivity contribution in [3.05, 3.63) is 12.5 Å². The molecule has 1 heterocycles. The van der Waals surface area contributed by atoms with Crippen LogP contribution in [-0.4, -0.2) is 15.8 Å². The van der Waals surface area contributed by atoms with Gasteiger partial charge in [0.05, 0.1) is 6.33 Å². The molecule has 0 amide bonds. The highest BCUT2D eigenvalue weighted by Gasteiger charge is 1.88. The largest absolute Gasteiger partial charge is 0.339 e. The predicted octanol–water partition coefficient (Wildman–Crippen LogP) is 1.14. The molecule has 0 saturated heterocycles. The van der Waals surface area contributed by atoms with Crippen molar-refractivity contribution in [1.29, 1.82) is 0 Å². The maximum absolute atomic E-state index is 4.06. The molecule has 1 aromatic heterocycles. The number of nitrogens with zero attached hydrogens (tertiary/aromatic N) is 2. The van der Waals surface area contributed by atoms with Crippen LogP contribution in [0.1, 0.15) is 0 Å². The van der Waals surface area contributed by atoms with Crippen LogP contribution < -0.4 is 0 Å². The predicted molar refractivity (Wildman–Crippen MR) is 35.0 cm³/mol. The number of thioether (sulfide) groups is 1. The number of aryl methyl sites for hydroxylation is 1. The van der Waals surface area contributed by atoms with Crippen LogP contribution in [0.25, 0.3) is 0 Å². The van der Waals surface area contributed by atoms with Gasteiger partial charge in [0, 0.05) is 13.2 Å². The molecule has 0 fully saturated rings. The van der Waals surface area contributed by atoms with Gasteiger partial charge in [0.1, 0.15) is 5.03 Å². The molecule has 0 spiro atoms. The molecule has 0 atom stereocenters. The first-order chi connectivity index (χ1) is 3.83. The van der Waals surface area contributed by atoms with E-state index in [1.165, 1.54) is 0 Å². The maximum atomic E-state index is 4.06. The molecule has 0 N–H and O–H groups in total. The molecule has 0 aliphatic carbocycles. The zero-order chi connectivity index (χ0) is 5.98. The summed E-state index contributed by atoms with van der Waals surface area (Å²) in [4.78, 5) is 4.06. The number of aromatic nitrogens is 2. The van der Waals surface area contributed by atoms with Crippen LogP contribution in [0.5, 0.6) is 0 Å². The lowest BCUT2D eigenvalue weighted by Gasteiger charge is -1.81. The Morgan fingerprint density at radius 1 is 1.75 bits per heavy atom. The summed E-state index contributed by atoms with van der Waals surface area (Å²) in [5.74, 6) is 0. The second-order valence-corrected chi connectivity index (χ2v) is 2.41. The fraction of sp³-hybridized carbons (Fsp3) is 0.400. The molecule has 0 bridgehead atoms. The molecule has 8 heavy (non-hydrogen) atoms. The summed E-state index contributed by atoms with van der Waals surface area (Å²) in [6.45, 7) is 0. The van der Waals surface area contributed by atoms with Gasteiger partial charge in [0.25, 0.3) is 0 Å².